The van der Waals surface area contributed by atoms with Crippen molar-refractivity contribution in [2.75, 3.05) is 5.32 Å². The van der Waals surface area contributed by atoms with Crippen LogP contribution in [-0.2, 0) is 0 Å². The molecule has 2 amide bonds. The number of amides is 2. The van der Waals surface area contributed by atoms with Crippen LogP contribution in [0.3, 0.4) is 0 Å². The van der Waals surface area contributed by atoms with E-state index in [1.807, 2.05) is 0 Å². The number of rotatable bonds is 4. The Morgan fingerprint density at radius 1 is 1.20 bits per heavy atom. The van der Waals surface area contributed by atoms with Gasteiger partial charge in [-0.15, -0.1) is 0 Å². The Kier molecular flexibility index (Phi) is 5.12. The van der Waals surface area contributed by atoms with Gasteiger partial charge in [0, 0.05) is 17.3 Å². The fourth-order valence-electron chi connectivity index (χ4n) is 1.58. The van der Waals surface area contributed by atoms with Crippen molar-refractivity contribution in [3.63, 3.8) is 0 Å². The standard InChI is InChI=1S/C13H15F3N2O2/c1-8(7-13(14,15)16)17-12(20)18-11-5-3-10(4-6-11)9(2)19/h3-6,8H,7H2,1-2H3,(H2,17,18,20). The maximum absolute atomic E-state index is 12.1. The van der Waals surface area contributed by atoms with Crippen molar-refractivity contribution >= 4 is 17.5 Å². The number of ketones is 1. The number of urea groups is 1. The van der Waals surface area contributed by atoms with Crippen LogP contribution < -0.4 is 10.6 Å². The summed E-state index contributed by atoms with van der Waals surface area (Å²) in [5.74, 6) is -0.111. The summed E-state index contributed by atoms with van der Waals surface area (Å²) in [6.45, 7) is 2.68. The maximum atomic E-state index is 12.1. The van der Waals surface area contributed by atoms with Gasteiger partial charge in [-0.25, -0.2) is 4.79 Å². The third kappa shape index (κ3) is 5.73. The normalized spacial score (nSPS) is 12.7. The molecule has 0 bridgehead atoms. The van der Waals surface area contributed by atoms with Gasteiger partial charge in [0.15, 0.2) is 5.78 Å². The maximum Gasteiger partial charge on any atom is 0.391 e. The Hall–Kier alpha value is -2.05. The Morgan fingerprint density at radius 2 is 1.75 bits per heavy atom. The van der Waals surface area contributed by atoms with E-state index in [9.17, 15) is 22.8 Å². The highest BCUT2D eigenvalue weighted by atomic mass is 19.4. The summed E-state index contributed by atoms with van der Waals surface area (Å²) in [7, 11) is 0. The average molecular weight is 288 g/mol. The highest BCUT2D eigenvalue weighted by molar-refractivity contribution is 5.95. The number of alkyl halides is 3. The molecule has 20 heavy (non-hydrogen) atoms. The van der Waals surface area contributed by atoms with Gasteiger partial charge >= 0.3 is 12.2 Å². The molecule has 0 aliphatic rings. The fourth-order valence-corrected chi connectivity index (χ4v) is 1.58. The van der Waals surface area contributed by atoms with Crippen LogP contribution in [0.1, 0.15) is 30.6 Å². The molecule has 7 heteroatoms. The first-order valence-electron chi connectivity index (χ1n) is 5.92. The van der Waals surface area contributed by atoms with E-state index < -0.39 is 24.7 Å². The molecule has 0 fully saturated rings. The van der Waals surface area contributed by atoms with Gasteiger partial charge in [-0.2, -0.15) is 13.2 Å². The second-order valence-electron chi connectivity index (χ2n) is 4.45. The molecule has 4 nitrogen and oxygen atoms in total. The smallest absolute Gasteiger partial charge is 0.335 e. The van der Waals surface area contributed by atoms with Gasteiger partial charge in [-0.05, 0) is 38.1 Å². The van der Waals surface area contributed by atoms with Crippen LogP contribution >= 0.6 is 0 Å². The van der Waals surface area contributed by atoms with Crippen LogP contribution in [-0.4, -0.2) is 24.0 Å². The molecule has 2 N–H and O–H groups in total. The van der Waals surface area contributed by atoms with E-state index in [-0.39, 0.29) is 5.78 Å². The molecule has 0 heterocycles. The molecule has 110 valence electrons. The van der Waals surface area contributed by atoms with Gasteiger partial charge in [0.25, 0.3) is 0 Å². The monoisotopic (exact) mass is 288 g/mol. The van der Waals surface area contributed by atoms with Gasteiger partial charge in [0.05, 0.1) is 6.42 Å². The molecule has 0 saturated heterocycles. The third-order valence-corrected chi connectivity index (χ3v) is 2.46. The lowest BCUT2D eigenvalue weighted by Gasteiger charge is -2.16. The molecular formula is C13H15F3N2O2. The molecule has 1 aromatic carbocycles. The van der Waals surface area contributed by atoms with Crippen molar-refractivity contribution < 1.29 is 22.8 Å². The number of anilines is 1. The number of carbonyl (C=O) groups excluding carboxylic acids is 2. The summed E-state index contributed by atoms with van der Waals surface area (Å²) < 4.78 is 36.3. The zero-order valence-electron chi connectivity index (χ0n) is 11.0. The zero-order chi connectivity index (χ0) is 15.3. The van der Waals surface area contributed by atoms with Crippen LogP contribution in [0.2, 0.25) is 0 Å². The Bertz CT molecular complexity index is 483. The summed E-state index contributed by atoms with van der Waals surface area (Å²) in [6, 6.07) is 4.31. The highest BCUT2D eigenvalue weighted by Crippen LogP contribution is 2.21. The molecule has 1 unspecified atom stereocenters. The Labute approximate surface area is 114 Å². The number of hydrogen-bond acceptors (Lipinski definition) is 2. The van der Waals surface area contributed by atoms with E-state index in [1.165, 1.54) is 38.1 Å². The molecule has 1 atom stereocenters. The fraction of sp³-hybridized carbons (Fsp3) is 0.385. The number of benzene rings is 1. The summed E-state index contributed by atoms with van der Waals surface area (Å²) in [4.78, 5) is 22.5. The molecule has 0 aromatic heterocycles. The molecule has 0 spiro atoms. The van der Waals surface area contributed by atoms with E-state index in [4.69, 9.17) is 0 Å². The van der Waals surface area contributed by atoms with Crippen LogP contribution in [0, 0.1) is 0 Å². The quantitative estimate of drug-likeness (QED) is 0.835. The van der Waals surface area contributed by atoms with Crippen LogP contribution in [0.15, 0.2) is 24.3 Å². The lowest BCUT2D eigenvalue weighted by Crippen LogP contribution is -2.38. The molecule has 1 rings (SSSR count). The molecule has 1 aromatic rings. The van der Waals surface area contributed by atoms with Crippen molar-refractivity contribution in [3.05, 3.63) is 29.8 Å². The number of halogens is 3. The van der Waals surface area contributed by atoms with Crippen LogP contribution in [0.25, 0.3) is 0 Å². The predicted molar refractivity (Wildman–Crippen MR) is 68.7 cm³/mol. The first kappa shape index (κ1) is 16.0. The lowest BCUT2D eigenvalue weighted by molar-refractivity contribution is -0.138. The molecule has 0 aliphatic heterocycles. The summed E-state index contributed by atoms with van der Waals surface area (Å²) in [5.41, 5.74) is 0.883. The SMILES string of the molecule is CC(=O)c1ccc(NC(=O)NC(C)CC(F)(F)F)cc1. The van der Waals surface area contributed by atoms with Crippen LogP contribution in [0.4, 0.5) is 23.7 Å². The predicted octanol–water partition coefficient (Wildman–Crippen LogP) is 3.35. The second kappa shape index (κ2) is 6.40. The minimum absolute atomic E-state index is 0.111. The van der Waals surface area contributed by atoms with Crippen LogP contribution in [0.5, 0.6) is 0 Å². The van der Waals surface area contributed by atoms with Crippen molar-refractivity contribution in [1.82, 2.24) is 5.32 Å². The number of nitrogens with one attached hydrogen (secondary N) is 2. The van der Waals surface area contributed by atoms with Crippen molar-refractivity contribution in [1.29, 1.82) is 0 Å². The van der Waals surface area contributed by atoms with Gasteiger partial charge in [-0.1, -0.05) is 0 Å². The Morgan fingerprint density at radius 3 is 2.20 bits per heavy atom. The van der Waals surface area contributed by atoms with E-state index in [1.54, 1.807) is 0 Å². The number of Topliss-reactive ketones (excluding diaryl/α,β-unsaturated/α-hetero) is 1. The number of carbonyl (C=O) groups is 2. The average Bonchev–Trinajstić information content (AvgIpc) is 2.26. The minimum Gasteiger partial charge on any atom is -0.335 e. The summed E-state index contributed by atoms with van der Waals surface area (Å²) >= 11 is 0. The highest BCUT2D eigenvalue weighted by Gasteiger charge is 2.30. The first-order valence-corrected chi connectivity index (χ1v) is 5.92. The largest absolute Gasteiger partial charge is 0.391 e. The number of hydrogen-bond donors (Lipinski definition) is 2. The van der Waals surface area contributed by atoms with E-state index in [2.05, 4.69) is 10.6 Å². The zero-order valence-corrected chi connectivity index (χ0v) is 11.0. The van der Waals surface area contributed by atoms with E-state index >= 15 is 0 Å². The third-order valence-electron chi connectivity index (χ3n) is 2.46. The van der Waals surface area contributed by atoms with Gasteiger partial charge in [0.2, 0.25) is 0 Å². The van der Waals surface area contributed by atoms with E-state index in [0.717, 1.165) is 0 Å². The topological polar surface area (TPSA) is 58.2 Å². The van der Waals surface area contributed by atoms with E-state index in [0.29, 0.717) is 11.3 Å². The van der Waals surface area contributed by atoms with Crippen molar-refractivity contribution in [2.24, 2.45) is 0 Å². The van der Waals surface area contributed by atoms with Crippen molar-refractivity contribution in [3.8, 4) is 0 Å². The van der Waals surface area contributed by atoms with Crippen molar-refractivity contribution in [2.45, 2.75) is 32.5 Å². The second-order valence-corrected chi connectivity index (χ2v) is 4.45. The molecule has 0 saturated carbocycles. The van der Waals surface area contributed by atoms with Gasteiger partial charge in [-0.3, -0.25) is 4.79 Å². The molecule has 0 aliphatic carbocycles. The lowest BCUT2D eigenvalue weighted by atomic mass is 10.1. The Balaban J connectivity index is 2.52. The summed E-state index contributed by atoms with van der Waals surface area (Å²) in [6.07, 6.45) is -5.42. The minimum atomic E-state index is -4.32. The summed E-state index contributed by atoms with van der Waals surface area (Å²) in [5, 5.41) is 4.58. The van der Waals surface area contributed by atoms with Gasteiger partial charge in [0.1, 0.15) is 0 Å². The molecular weight excluding hydrogens is 273 g/mol. The first-order chi connectivity index (χ1) is 9.17. The molecule has 0 radical (unpaired) electrons. The van der Waals surface area contributed by atoms with Gasteiger partial charge < -0.3 is 10.6 Å².